The Morgan fingerprint density at radius 2 is 2.16 bits per heavy atom. The van der Waals surface area contributed by atoms with Gasteiger partial charge in [-0.3, -0.25) is 14.7 Å². The molecule has 0 amide bonds. The van der Waals surface area contributed by atoms with Gasteiger partial charge in [-0.05, 0) is 30.8 Å². The third-order valence-electron chi connectivity index (χ3n) is 3.43. The Labute approximate surface area is 150 Å². The van der Waals surface area contributed by atoms with Crippen LogP contribution in [-0.2, 0) is 0 Å². The molecule has 1 aromatic heterocycles. The minimum Gasteiger partial charge on any atom is -0.493 e. The van der Waals surface area contributed by atoms with E-state index in [4.69, 9.17) is 17.0 Å². The first-order valence-electron chi connectivity index (χ1n) is 8.10. The molecule has 25 heavy (non-hydrogen) atoms. The highest BCUT2D eigenvalue weighted by Crippen LogP contribution is 2.18. The zero-order valence-electron chi connectivity index (χ0n) is 14.0. The third-order valence-corrected chi connectivity index (χ3v) is 3.70. The number of benzene rings is 1. The van der Waals surface area contributed by atoms with Crippen LogP contribution in [0.1, 0.15) is 43.0 Å². The van der Waals surface area contributed by atoms with Gasteiger partial charge in [-0.1, -0.05) is 38.3 Å². The summed E-state index contributed by atoms with van der Waals surface area (Å²) in [4.78, 5) is 24.0. The van der Waals surface area contributed by atoms with E-state index < -0.39 is 5.56 Å². The van der Waals surface area contributed by atoms with Crippen LogP contribution >= 0.6 is 12.2 Å². The van der Waals surface area contributed by atoms with E-state index in [-0.39, 0.29) is 10.6 Å². The lowest BCUT2D eigenvalue weighted by Gasteiger charge is -2.09. The summed E-state index contributed by atoms with van der Waals surface area (Å²) in [6.45, 7) is 2.70. The number of aromatic amines is 1. The molecule has 7 nitrogen and oxygen atoms in total. The number of hydrogen-bond donors (Lipinski definition) is 1. The van der Waals surface area contributed by atoms with Crippen molar-refractivity contribution >= 4 is 24.2 Å². The van der Waals surface area contributed by atoms with Crippen molar-refractivity contribution < 1.29 is 9.53 Å². The topological polar surface area (TPSA) is 89.3 Å². The zero-order valence-corrected chi connectivity index (χ0v) is 14.8. The molecule has 8 heteroatoms. The third kappa shape index (κ3) is 5.46. The molecule has 0 fully saturated rings. The molecule has 1 N–H and O–H groups in total. The molecule has 0 spiro atoms. The Hall–Kier alpha value is -2.61. The van der Waals surface area contributed by atoms with Crippen LogP contribution in [0.2, 0.25) is 0 Å². The molecule has 2 aromatic rings. The molecule has 0 saturated heterocycles. The number of ether oxygens (including phenoxy) is 1. The van der Waals surface area contributed by atoms with E-state index in [0.717, 1.165) is 42.8 Å². The Bertz CT molecular complexity index is 829. The van der Waals surface area contributed by atoms with Gasteiger partial charge in [0.25, 0.3) is 5.56 Å². The summed E-state index contributed by atoms with van der Waals surface area (Å²) in [5.41, 5.74) is -0.132. The Morgan fingerprint density at radius 3 is 2.92 bits per heavy atom. The number of para-hydroxylation sites is 1. The van der Waals surface area contributed by atoms with E-state index in [1.165, 1.54) is 0 Å². The van der Waals surface area contributed by atoms with Crippen molar-refractivity contribution in [2.75, 3.05) is 6.61 Å². The molecule has 0 aliphatic carbocycles. The van der Waals surface area contributed by atoms with Crippen LogP contribution in [0, 0.1) is 4.77 Å². The van der Waals surface area contributed by atoms with Gasteiger partial charge < -0.3 is 4.74 Å². The van der Waals surface area contributed by atoms with Crippen molar-refractivity contribution in [1.82, 2.24) is 14.9 Å². The maximum absolute atomic E-state index is 12.4. The maximum atomic E-state index is 12.4. The SMILES string of the molecule is CCCCCCOc1ccccc1C(=O)/C=N\n1c(=O)cn[nH]c1=S. The number of unbranched alkanes of at least 4 members (excludes halogenated alkanes) is 3. The first-order valence-corrected chi connectivity index (χ1v) is 8.51. The van der Waals surface area contributed by atoms with Gasteiger partial charge >= 0.3 is 0 Å². The van der Waals surface area contributed by atoms with Gasteiger partial charge in [0.15, 0.2) is 0 Å². The minimum atomic E-state index is -0.520. The molecule has 0 atom stereocenters. The fraction of sp³-hybridized carbons (Fsp3) is 0.353. The van der Waals surface area contributed by atoms with Gasteiger partial charge in [-0.15, -0.1) is 0 Å². The summed E-state index contributed by atoms with van der Waals surface area (Å²) in [5, 5.41) is 9.84. The molecule has 132 valence electrons. The largest absolute Gasteiger partial charge is 0.493 e. The molecule has 0 aliphatic rings. The summed E-state index contributed by atoms with van der Waals surface area (Å²) in [7, 11) is 0. The van der Waals surface area contributed by atoms with E-state index in [2.05, 4.69) is 22.2 Å². The molecule has 1 aromatic carbocycles. The smallest absolute Gasteiger partial charge is 0.293 e. The van der Waals surface area contributed by atoms with E-state index in [1.54, 1.807) is 24.3 Å². The summed E-state index contributed by atoms with van der Waals surface area (Å²) in [5.74, 6) is 0.130. The van der Waals surface area contributed by atoms with Gasteiger partial charge in [-0.25, -0.2) is 0 Å². The minimum absolute atomic E-state index is 0.0111. The maximum Gasteiger partial charge on any atom is 0.293 e. The zero-order chi connectivity index (χ0) is 18.1. The quantitative estimate of drug-likeness (QED) is 0.321. The second-order valence-corrected chi connectivity index (χ2v) is 5.73. The van der Waals surface area contributed by atoms with Crippen LogP contribution in [-0.4, -0.2) is 33.5 Å². The lowest BCUT2D eigenvalue weighted by molar-refractivity contribution is 0.106. The lowest BCUT2D eigenvalue weighted by Crippen LogP contribution is -2.19. The summed E-state index contributed by atoms with van der Waals surface area (Å²) >= 11 is 4.92. The van der Waals surface area contributed by atoms with Crippen LogP contribution in [0.15, 0.2) is 40.4 Å². The average Bonchev–Trinajstić information content (AvgIpc) is 2.61. The monoisotopic (exact) mass is 360 g/mol. The number of rotatable bonds is 9. The van der Waals surface area contributed by atoms with Gasteiger partial charge in [0.1, 0.15) is 11.9 Å². The number of aromatic nitrogens is 3. The van der Waals surface area contributed by atoms with E-state index >= 15 is 0 Å². The van der Waals surface area contributed by atoms with Crippen molar-refractivity contribution in [1.29, 1.82) is 0 Å². The molecule has 2 rings (SSSR count). The molecule has 0 radical (unpaired) electrons. The van der Waals surface area contributed by atoms with Gasteiger partial charge in [0.05, 0.1) is 18.4 Å². The fourth-order valence-electron chi connectivity index (χ4n) is 2.14. The van der Waals surface area contributed by atoms with Crippen LogP contribution in [0.25, 0.3) is 0 Å². The second kappa shape index (κ2) is 9.63. The van der Waals surface area contributed by atoms with Gasteiger partial charge in [0, 0.05) is 0 Å². The van der Waals surface area contributed by atoms with Crippen LogP contribution < -0.4 is 10.3 Å². The number of hydrogen-bond acceptors (Lipinski definition) is 6. The molecule has 0 unspecified atom stereocenters. The van der Waals surface area contributed by atoms with Crippen molar-refractivity contribution in [2.24, 2.45) is 5.10 Å². The first-order chi connectivity index (χ1) is 12.1. The molecular formula is C17H20N4O3S. The first kappa shape index (κ1) is 18.7. The molecule has 1 heterocycles. The van der Waals surface area contributed by atoms with Crippen LogP contribution in [0.4, 0.5) is 0 Å². The summed E-state index contributed by atoms with van der Waals surface area (Å²) in [6.07, 6.45) is 6.43. The number of H-pyrrole nitrogens is 1. The van der Waals surface area contributed by atoms with Crippen molar-refractivity contribution in [3.8, 4) is 5.75 Å². The number of nitrogens with zero attached hydrogens (tertiary/aromatic N) is 3. The Morgan fingerprint density at radius 1 is 1.36 bits per heavy atom. The van der Waals surface area contributed by atoms with Crippen molar-refractivity contribution in [3.05, 3.63) is 51.2 Å². The predicted molar refractivity (Wildman–Crippen MR) is 98.0 cm³/mol. The number of carbonyl (C=O) groups is 1. The van der Waals surface area contributed by atoms with Gasteiger partial charge in [-0.2, -0.15) is 14.9 Å². The highest BCUT2D eigenvalue weighted by molar-refractivity contribution is 7.71. The Kier molecular flexibility index (Phi) is 7.21. The van der Waals surface area contributed by atoms with Gasteiger partial charge in [0.2, 0.25) is 10.6 Å². The number of carbonyl (C=O) groups excluding carboxylic acids is 1. The van der Waals surface area contributed by atoms with Crippen LogP contribution in [0.5, 0.6) is 5.75 Å². The standard InChI is InChI=1S/C17H20N4O3S/c1-2-3-4-7-10-24-15-9-6-5-8-13(15)14(22)11-19-21-16(23)12-18-20-17(21)25/h5-6,8-9,11-12H,2-4,7,10H2,1H3,(H,20,25)/b19-11-. The summed E-state index contributed by atoms with van der Waals surface area (Å²) < 4.78 is 6.62. The predicted octanol–water partition coefficient (Wildman–Crippen LogP) is 2.98. The van der Waals surface area contributed by atoms with Crippen LogP contribution in [0.3, 0.4) is 0 Å². The van der Waals surface area contributed by atoms with E-state index in [1.807, 2.05) is 0 Å². The fourth-order valence-corrected chi connectivity index (χ4v) is 2.33. The lowest BCUT2D eigenvalue weighted by atomic mass is 10.1. The number of nitrogens with one attached hydrogen (secondary N) is 1. The van der Waals surface area contributed by atoms with E-state index in [9.17, 15) is 9.59 Å². The summed E-state index contributed by atoms with van der Waals surface area (Å²) in [6, 6.07) is 6.95. The number of ketones is 1. The average molecular weight is 360 g/mol. The van der Waals surface area contributed by atoms with Crippen molar-refractivity contribution in [3.63, 3.8) is 0 Å². The highest BCUT2D eigenvalue weighted by atomic mass is 32.1. The molecule has 0 aliphatic heterocycles. The normalized spacial score (nSPS) is 10.9. The number of Topliss-reactive ketones (excluding diaryl/α,β-unsaturated/α-hetero) is 1. The Balaban J connectivity index is 2.10. The molecule has 0 saturated carbocycles. The van der Waals surface area contributed by atoms with Crippen molar-refractivity contribution in [2.45, 2.75) is 32.6 Å². The highest BCUT2D eigenvalue weighted by Gasteiger charge is 2.10. The molecule has 0 bridgehead atoms. The molecular weight excluding hydrogens is 340 g/mol. The second-order valence-electron chi connectivity index (χ2n) is 5.34. The van der Waals surface area contributed by atoms with E-state index in [0.29, 0.717) is 17.9 Å².